The van der Waals surface area contributed by atoms with Crippen LogP contribution in [0.4, 0.5) is 8.78 Å². The summed E-state index contributed by atoms with van der Waals surface area (Å²) in [7, 11) is 0. The molecule has 0 saturated carbocycles. The van der Waals surface area contributed by atoms with Crippen molar-refractivity contribution in [1.82, 2.24) is 0 Å². The van der Waals surface area contributed by atoms with Crippen LogP contribution in [-0.2, 0) is 0 Å². The summed E-state index contributed by atoms with van der Waals surface area (Å²) in [6, 6.07) is 8.09. The molecule has 0 radical (unpaired) electrons. The summed E-state index contributed by atoms with van der Waals surface area (Å²) in [6.45, 7) is 1.78. The highest BCUT2D eigenvalue weighted by molar-refractivity contribution is 7.99. The molecule has 2 aromatic carbocycles. The second kappa shape index (κ2) is 5.40. The molecular formula is C14H10F2O2S. The SMILES string of the molecule is Cc1ccc(Sc2ccc(F)cc2F)c(C(=O)O)c1. The topological polar surface area (TPSA) is 37.3 Å². The van der Waals surface area contributed by atoms with Crippen LogP contribution in [0.5, 0.6) is 0 Å². The largest absolute Gasteiger partial charge is 0.478 e. The summed E-state index contributed by atoms with van der Waals surface area (Å²) in [5.74, 6) is -2.44. The minimum Gasteiger partial charge on any atom is -0.478 e. The maximum absolute atomic E-state index is 13.5. The summed E-state index contributed by atoms with van der Waals surface area (Å²) in [6.07, 6.45) is 0. The van der Waals surface area contributed by atoms with Gasteiger partial charge in [-0.2, -0.15) is 0 Å². The third kappa shape index (κ3) is 3.12. The molecule has 0 unspecified atom stereocenters. The summed E-state index contributed by atoms with van der Waals surface area (Å²) in [5, 5.41) is 9.11. The number of benzene rings is 2. The molecule has 0 aliphatic rings. The van der Waals surface area contributed by atoms with Crippen LogP contribution in [0.3, 0.4) is 0 Å². The number of carboxylic acid groups (broad SMARTS) is 1. The van der Waals surface area contributed by atoms with Crippen molar-refractivity contribution in [3.63, 3.8) is 0 Å². The van der Waals surface area contributed by atoms with Gasteiger partial charge in [0.15, 0.2) is 0 Å². The highest BCUT2D eigenvalue weighted by Crippen LogP contribution is 2.33. The first-order valence-electron chi connectivity index (χ1n) is 5.44. The van der Waals surface area contributed by atoms with Crippen LogP contribution in [0.25, 0.3) is 0 Å². The van der Waals surface area contributed by atoms with E-state index in [1.807, 2.05) is 0 Å². The van der Waals surface area contributed by atoms with Crippen molar-refractivity contribution >= 4 is 17.7 Å². The number of aryl methyl sites for hydroxylation is 1. The first-order valence-corrected chi connectivity index (χ1v) is 6.26. The van der Waals surface area contributed by atoms with Crippen LogP contribution in [0.1, 0.15) is 15.9 Å². The van der Waals surface area contributed by atoms with Gasteiger partial charge in [-0.05, 0) is 31.2 Å². The second-order valence-electron chi connectivity index (χ2n) is 3.98. The van der Waals surface area contributed by atoms with Crippen molar-refractivity contribution in [1.29, 1.82) is 0 Å². The van der Waals surface area contributed by atoms with E-state index in [2.05, 4.69) is 0 Å². The standard InChI is InChI=1S/C14H10F2O2S/c1-8-2-4-12(10(6-8)14(17)18)19-13-5-3-9(15)7-11(13)16/h2-7H,1H3,(H,17,18). The Hall–Kier alpha value is -1.88. The molecule has 2 nitrogen and oxygen atoms in total. The number of hydrogen-bond acceptors (Lipinski definition) is 2. The van der Waals surface area contributed by atoms with E-state index in [1.165, 1.54) is 12.1 Å². The summed E-state index contributed by atoms with van der Waals surface area (Å²) >= 11 is 0.964. The number of carboxylic acids is 1. The zero-order chi connectivity index (χ0) is 14.0. The normalized spacial score (nSPS) is 10.5. The number of aromatic carboxylic acids is 1. The average Bonchev–Trinajstić information content (AvgIpc) is 2.34. The van der Waals surface area contributed by atoms with Crippen LogP contribution in [0, 0.1) is 18.6 Å². The van der Waals surface area contributed by atoms with Gasteiger partial charge in [0.05, 0.1) is 5.56 Å². The second-order valence-corrected chi connectivity index (χ2v) is 5.07. The molecule has 0 aromatic heterocycles. The molecule has 2 rings (SSSR count). The van der Waals surface area contributed by atoms with Crippen molar-refractivity contribution in [3.8, 4) is 0 Å². The van der Waals surface area contributed by atoms with Crippen LogP contribution < -0.4 is 0 Å². The Morgan fingerprint density at radius 2 is 1.79 bits per heavy atom. The predicted molar refractivity (Wildman–Crippen MR) is 68.6 cm³/mol. The zero-order valence-corrected chi connectivity index (χ0v) is 10.8. The lowest BCUT2D eigenvalue weighted by Gasteiger charge is -2.07. The van der Waals surface area contributed by atoms with E-state index in [4.69, 9.17) is 5.11 Å². The van der Waals surface area contributed by atoms with Gasteiger partial charge >= 0.3 is 5.97 Å². The van der Waals surface area contributed by atoms with Gasteiger partial charge in [-0.15, -0.1) is 0 Å². The zero-order valence-electron chi connectivity index (χ0n) is 9.98. The van der Waals surface area contributed by atoms with Gasteiger partial charge in [0.2, 0.25) is 0 Å². The molecule has 0 aliphatic heterocycles. The highest BCUT2D eigenvalue weighted by Gasteiger charge is 2.13. The van der Waals surface area contributed by atoms with E-state index in [1.54, 1.807) is 19.1 Å². The van der Waals surface area contributed by atoms with Gasteiger partial charge in [-0.25, -0.2) is 13.6 Å². The van der Waals surface area contributed by atoms with Gasteiger partial charge in [0.25, 0.3) is 0 Å². The molecule has 0 spiro atoms. The lowest BCUT2D eigenvalue weighted by atomic mass is 10.1. The molecule has 0 bridgehead atoms. The van der Waals surface area contributed by atoms with E-state index >= 15 is 0 Å². The fourth-order valence-corrected chi connectivity index (χ4v) is 2.50. The Kier molecular flexibility index (Phi) is 3.85. The summed E-state index contributed by atoms with van der Waals surface area (Å²) < 4.78 is 26.3. The van der Waals surface area contributed by atoms with E-state index in [9.17, 15) is 13.6 Å². The van der Waals surface area contributed by atoms with Crippen molar-refractivity contribution in [3.05, 3.63) is 59.2 Å². The Bertz CT molecular complexity index is 641. The van der Waals surface area contributed by atoms with Crippen LogP contribution in [-0.4, -0.2) is 11.1 Å². The van der Waals surface area contributed by atoms with Crippen molar-refractivity contribution in [2.45, 2.75) is 16.7 Å². The molecule has 19 heavy (non-hydrogen) atoms. The van der Waals surface area contributed by atoms with Gasteiger partial charge < -0.3 is 5.11 Å². The molecule has 0 saturated heterocycles. The number of hydrogen-bond donors (Lipinski definition) is 1. The molecular weight excluding hydrogens is 270 g/mol. The Morgan fingerprint density at radius 1 is 1.11 bits per heavy atom. The maximum atomic E-state index is 13.5. The van der Waals surface area contributed by atoms with E-state index < -0.39 is 17.6 Å². The van der Waals surface area contributed by atoms with E-state index in [0.717, 1.165) is 29.5 Å². The highest BCUT2D eigenvalue weighted by atomic mass is 32.2. The smallest absolute Gasteiger partial charge is 0.336 e. The predicted octanol–water partition coefficient (Wildman–Crippen LogP) is 4.12. The Labute approximate surface area is 113 Å². The van der Waals surface area contributed by atoms with E-state index in [0.29, 0.717) is 4.90 Å². The van der Waals surface area contributed by atoms with Crippen molar-refractivity contribution < 1.29 is 18.7 Å². The van der Waals surface area contributed by atoms with Crippen molar-refractivity contribution in [2.24, 2.45) is 0 Å². The minimum absolute atomic E-state index is 0.105. The summed E-state index contributed by atoms with van der Waals surface area (Å²) in [5.41, 5.74) is 0.912. The quantitative estimate of drug-likeness (QED) is 0.918. The lowest BCUT2D eigenvalue weighted by Crippen LogP contribution is -1.99. The maximum Gasteiger partial charge on any atom is 0.336 e. The minimum atomic E-state index is -1.08. The first kappa shape index (κ1) is 13.5. The number of halogens is 2. The third-order valence-electron chi connectivity index (χ3n) is 2.48. The molecule has 1 N–H and O–H groups in total. The monoisotopic (exact) mass is 280 g/mol. The van der Waals surface area contributed by atoms with Crippen molar-refractivity contribution in [2.75, 3.05) is 0 Å². The number of carbonyl (C=O) groups is 1. The fourth-order valence-electron chi connectivity index (χ4n) is 1.58. The fraction of sp³-hybridized carbons (Fsp3) is 0.0714. The van der Waals surface area contributed by atoms with Crippen LogP contribution in [0.2, 0.25) is 0 Å². The third-order valence-corrected chi connectivity index (χ3v) is 3.61. The molecule has 0 atom stereocenters. The molecule has 2 aromatic rings. The van der Waals surface area contributed by atoms with Crippen LogP contribution >= 0.6 is 11.8 Å². The van der Waals surface area contributed by atoms with E-state index in [-0.39, 0.29) is 10.5 Å². The first-order chi connectivity index (χ1) is 8.97. The Morgan fingerprint density at radius 3 is 2.42 bits per heavy atom. The molecule has 0 fully saturated rings. The molecule has 0 heterocycles. The molecule has 5 heteroatoms. The Balaban J connectivity index is 2.40. The molecule has 0 aliphatic carbocycles. The molecule has 0 amide bonds. The van der Waals surface area contributed by atoms with Gasteiger partial charge in [-0.3, -0.25) is 0 Å². The summed E-state index contributed by atoms with van der Waals surface area (Å²) in [4.78, 5) is 11.7. The number of rotatable bonds is 3. The van der Waals surface area contributed by atoms with Gasteiger partial charge in [0, 0.05) is 15.9 Å². The van der Waals surface area contributed by atoms with Gasteiger partial charge in [0.1, 0.15) is 11.6 Å². The molecule has 98 valence electrons. The lowest BCUT2D eigenvalue weighted by molar-refractivity contribution is 0.0693. The van der Waals surface area contributed by atoms with Gasteiger partial charge in [-0.1, -0.05) is 23.4 Å². The van der Waals surface area contributed by atoms with Crippen LogP contribution in [0.15, 0.2) is 46.2 Å². The average molecular weight is 280 g/mol.